The third kappa shape index (κ3) is 20.5. The predicted molar refractivity (Wildman–Crippen MR) is 299 cm³/mol. The zero-order valence-electron chi connectivity index (χ0n) is 43.8. The topological polar surface area (TPSA) is 0 Å². The molecule has 350 valence electrons. The molecule has 0 fully saturated rings. The van der Waals surface area contributed by atoms with Gasteiger partial charge < -0.3 is 0 Å². The summed E-state index contributed by atoms with van der Waals surface area (Å²) in [5.41, 5.74) is 19.2. The lowest BCUT2D eigenvalue weighted by Gasteiger charge is -2.18. The van der Waals surface area contributed by atoms with Gasteiger partial charge in [-0.15, -0.1) is 0 Å². The molecular weight excluding hydrogens is 828 g/mol. The number of hydrogen-bond acceptors (Lipinski definition) is 0. The van der Waals surface area contributed by atoms with Crippen LogP contribution in [-0.2, 0) is 5.41 Å². The second kappa shape index (κ2) is 26.9. The van der Waals surface area contributed by atoms with E-state index in [9.17, 15) is 4.39 Å². The Hall–Kier alpha value is -6.09. The molecule has 0 nitrogen and oxygen atoms in total. The molecule has 0 N–H and O–H groups in total. The van der Waals surface area contributed by atoms with E-state index in [4.69, 9.17) is 0 Å². The number of benzene rings is 8. The summed E-state index contributed by atoms with van der Waals surface area (Å²) in [6, 6.07) is 64.4. The maximum Gasteiger partial charge on any atom is 0.131 e. The van der Waals surface area contributed by atoms with Gasteiger partial charge in [0.05, 0.1) is 8.07 Å². The lowest BCUT2D eigenvalue weighted by molar-refractivity contribution is 0.590. The summed E-state index contributed by atoms with van der Waals surface area (Å²) in [6.45, 7) is 35.0. The molecule has 0 unspecified atom stereocenters. The SMILES string of the molecule is Cc1ccc(-c2ccccc2)cc1C.Cc1ccc(-c2ccccc2F)cc1.Cc1ccc(C(C)(C)C)cc1.Cc1ccc(C)c(C)c1.Cc1ccc(C)cc1.Cc1ccc([Si](C)(C)C)cc1. The van der Waals surface area contributed by atoms with E-state index in [2.05, 4.69) is 236 Å². The van der Waals surface area contributed by atoms with Crippen LogP contribution < -0.4 is 5.19 Å². The van der Waals surface area contributed by atoms with Crippen molar-refractivity contribution in [3.63, 3.8) is 0 Å². The Bertz CT molecular complexity index is 2560. The van der Waals surface area contributed by atoms with Crippen LogP contribution in [0.5, 0.6) is 0 Å². The second-order valence-electron chi connectivity index (χ2n) is 20.0. The molecule has 0 heterocycles. The zero-order chi connectivity index (χ0) is 49.7. The van der Waals surface area contributed by atoms with E-state index >= 15 is 0 Å². The maximum absolute atomic E-state index is 13.4. The van der Waals surface area contributed by atoms with Crippen molar-refractivity contribution in [3.8, 4) is 22.3 Å². The van der Waals surface area contributed by atoms with Gasteiger partial charge in [-0.2, -0.15) is 0 Å². The van der Waals surface area contributed by atoms with Gasteiger partial charge in [0.15, 0.2) is 0 Å². The standard InChI is InChI=1S/C14H14.C13H11F.C11H16.C10H16Si.C9H12.C8H10/c1-11-8-9-14(10-12(11)2)13-6-4-3-5-7-13;1-10-6-8-11(9-7-10)12-4-2-3-5-13(12)14;2*1-9-5-7-10(8-6-9)11(2,3)4;1-7-4-5-8(2)9(3)6-7;1-7-3-5-8(2)6-4-7/h3-10H,1-2H3;2-9H,1H3;2*5-8H,1-4H3;4-6H,1-3H3;3-6H,1-2H3. The molecule has 0 aliphatic rings. The summed E-state index contributed by atoms with van der Waals surface area (Å²) in [5.74, 6) is -0.170. The molecule has 0 radical (unpaired) electrons. The molecule has 67 heavy (non-hydrogen) atoms. The smallest absolute Gasteiger partial charge is 0.131 e. The first-order valence-corrected chi connectivity index (χ1v) is 27.2. The van der Waals surface area contributed by atoms with Gasteiger partial charge in [-0.05, 0) is 125 Å². The minimum Gasteiger partial charge on any atom is -0.206 e. The number of rotatable bonds is 3. The third-order valence-corrected chi connectivity index (χ3v) is 13.6. The van der Waals surface area contributed by atoms with Gasteiger partial charge in [-0.25, -0.2) is 4.39 Å². The largest absolute Gasteiger partial charge is 0.206 e. The summed E-state index contributed by atoms with van der Waals surface area (Å²) in [6.07, 6.45) is 0. The summed E-state index contributed by atoms with van der Waals surface area (Å²) in [5, 5.41) is 1.54. The van der Waals surface area contributed by atoms with Crippen molar-refractivity contribution >= 4 is 13.3 Å². The van der Waals surface area contributed by atoms with Crippen LogP contribution in [0.1, 0.15) is 82.0 Å². The van der Waals surface area contributed by atoms with Crippen LogP contribution in [0.3, 0.4) is 0 Å². The molecule has 0 saturated heterocycles. The van der Waals surface area contributed by atoms with Crippen molar-refractivity contribution in [2.45, 2.75) is 115 Å². The van der Waals surface area contributed by atoms with Gasteiger partial charge in [0, 0.05) is 5.56 Å². The molecule has 2 heteroatoms. The minimum absolute atomic E-state index is 0.170. The van der Waals surface area contributed by atoms with Crippen molar-refractivity contribution in [1.29, 1.82) is 0 Å². The van der Waals surface area contributed by atoms with Gasteiger partial charge in [0.25, 0.3) is 0 Å². The van der Waals surface area contributed by atoms with Crippen molar-refractivity contribution in [1.82, 2.24) is 0 Å². The van der Waals surface area contributed by atoms with Gasteiger partial charge in [-0.1, -0.05) is 261 Å². The Labute approximate surface area is 408 Å². The molecular formula is C65H79FSi. The van der Waals surface area contributed by atoms with Crippen molar-refractivity contribution in [3.05, 3.63) is 255 Å². The molecule has 0 spiro atoms. The van der Waals surface area contributed by atoms with E-state index in [0.717, 1.165) is 5.56 Å². The molecule has 0 aliphatic carbocycles. The fourth-order valence-electron chi connectivity index (χ4n) is 6.62. The fourth-order valence-corrected chi connectivity index (χ4v) is 7.78. The highest BCUT2D eigenvalue weighted by atomic mass is 28.3. The van der Waals surface area contributed by atoms with Crippen LogP contribution in [0.4, 0.5) is 4.39 Å². The molecule has 0 bridgehead atoms. The third-order valence-electron chi connectivity index (χ3n) is 11.6. The fraction of sp³-hybridized carbons (Fsp3) is 0.262. The molecule has 0 atom stereocenters. The molecule has 8 aromatic carbocycles. The highest BCUT2D eigenvalue weighted by molar-refractivity contribution is 6.88. The Balaban J connectivity index is 0.000000216. The van der Waals surface area contributed by atoms with E-state index in [-0.39, 0.29) is 11.2 Å². The van der Waals surface area contributed by atoms with Crippen LogP contribution in [0.2, 0.25) is 19.6 Å². The molecule has 0 aliphatic heterocycles. The zero-order valence-corrected chi connectivity index (χ0v) is 44.8. The average Bonchev–Trinajstić information content (AvgIpc) is 3.29. The lowest BCUT2D eigenvalue weighted by Crippen LogP contribution is -2.37. The summed E-state index contributed by atoms with van der Waals surface area (Å²) in [4.78, 5) is 0. The number of hydrogen-bond donors (Lipinski definition) is 0. The summed E-state index contributed by atoms with van der Waals surface area (Å²) >= 11 is 0. The first kappa shape index (κ1) is 55.2. The Morgan fingerprint density at radius 3 is 1.12 bits per heavy atom. The quantitative estimate of drug-likeness (QED) is 0.155. The molecule has 0 amide bonds. The Morgan fingerprint density at radius 1 is 0.328 bits per heavy atom. The van der Waals surface area contributed by atoms with E-state index in [1.165, 1.54) is 78.4 Å². The Morgan fingerprint density at radius 2 is 0.701 bits per heavy atom. The first-order chi connectivity index (χ1) is 31.5. The lowest BCUT2D eigenvalue weighted by atomic mass is 9.87. The van der Waals surface area contributed by atoms with E-state index in [1.54, 1.807) is 17.3 Å². The van der Waals surface area contributed by atoms with Crippen molar-refractivity contribution in [2.75, 3.05) is 0 Å². The van der Waals surface area contributed by atoms with Gasteiger partial charge in [0.2, 0.25) is 0 Å². The Kier molecular flexibility index (Phi) is 22.2. The second-order valence-corrected chi connectivity index (χ2v) is 25.1. The van der Waals surface area contributed by atoms with E-state index in [1.807, 2.05) is 43.3 Å². The van der Waals surface area contributed by atoms with Crippen LogP contribution in [0.25, 0.3) is 22.3 Å². The molecule has 8 aromatic rings. The van der Waals surface area contributed by atoms with Gasteiger partial charge in [-0.3, -0.25) is 0 Å². The molecule has 0 saturated carbocycles. The van der Waals surface area contributed by atoms with Crippen LogP contribution in [0, 0.1) is 75.1 Å². The number of halogens is 1. The maximum atomic E-state index is 13.4. The van der Waals surface area contributed by atoms with Crippen molar-refractivity contribution in [2.24, 2.45) is 0 Å². The first-order valence-electron chi connectivity index (χ1n) is 23.7. The van der Waals surface area contributed by atoms with E-state index in [0.29, 0.717) is 5.56 Å². The van der Waals surface area contributed by atoms with Gasteiger partial charge >= 0.3 is 0 Å². The van der Waals surface area contributed by atoms with Crippen LogP contribution >= 0.6 is 0 Å². The number of aryl methyl sites for hydroxylation is 10. The van der Waals surface area contributed by atoms with Crippen LogP contribution in [0.15, 0.2) is 188 Å². The minimum atomic E-state index is -1.06. The monoisotopic (exact) mass is 907 g/mol. The highest BCUT2D eigenvalue weighted by Gasteiger charge is 2.15. The molecule has 8 rings (SSSR count). The van der Waals surface area contributed by atoms with E-state index < -0.39 is 8.07 Å². The van der Waals surface area contributed by atoms with Crippen LogP contribution in [-0.4, -0.2) is 8.07 Å². The molecule has 0 aromatic heterocycles. The average molecular weight is 907 g/mol. The normalized spacial score (nSPS) is 10.5. The van der Waals surface area contributed by atoms with Gasteiger partial charge in [0.1, 0.15) is 5.82 Å². The van der Waals surface area contributed by atoms with Crippen molar-refractivity contribution < 1.29 is 4.39 Å². The summed E-state index contributed by atoms with van der Waals surface area (Å²) in [7, 11) is -1.06. The summed E-state index contributed by atoms with van der Waals surface area (Å²) < 4.78 is 13.4. The predicted octanol–water partition coefficient (Wildman–Crippen LogP) is 18.5. The highest BCUT2D eigenvalue weighted by Crippen LogP contribution is 2.24.